The van der Waals surface area contributed by atoms with Crippen molar-refractivity contribution >= 4 is 23.2 Å². The van der Waals surface area contributed by atoms with E-state index in [1.54, 1.807) is 12.1 Å². The molecule has 1 fully saturated rings. The summed E-state index contributed by atoms with van der Waals surface area (Å²) in [4.78, 5) is 40.9. The first-order valence-electron chi connectivity index (χ1n) is 12.9. The number of primary amides is 1. The van der Waals surface area contributed by atoms with Crippen LogP contribution in [0.2, 0.25) is 0 Å². The van der Waals surface area contributed by atoms with Gasteiger partial charge in [-0.15, -0.1) is 0 Å². The Labute approximate surface area is 221 Å². The summed E-state index contributed by atoms with van der Waals surface area (Å²) in [6, 6.07) is 3.32. The number of ketones is 2. The van der Waals surface area contributed by atoms with Crippen molar-refractivity contribution in [3.8, 4) is 5.75 Å². The van der Waals surface area contributed by atoms with Crippen LogP contribution >= 0.6 is 0 Å². The van der Waals surface area contributed by atoms with Crippen molar-refractivity contribution in [2.24, 2.45) is 23.5 Å². The Morgan fingerprint density at radius 1 is 1.13 bits per heavy atom. The van der Waals surface area contributed by atoms with Gasteiger partial charge in [0.15, 0.2) is 11.4 Å². The monoisotopic (exact) mass is 528 g/mol. The van der Waals surface area contributed by atoms with Gasteiger partial charge in [-0.2, -0.15) is 0 Å². The second kappa shape index (κ2) is 9.83. The average Bonchev–Trinajstić information content (AvgIpc) is 2.82. The third-order valence-electron chi connectivity index (χ3n) is 8.34. The van der Waals surface area contributed by atoms with E-state index in [1.807, 2.05) is 0 Å². The van der Waals surface area contributed by atoms with E-state index in [1.165, 1.54) is 25.1 Å². The fourth-order valence-corrected chi connectivity index (χ4v) is 6.65. The van der Waals surface area contributed by atoms with Gasteiger partial charge < -0.3 is 31.3 Å². The third-order valence-corrected chi connectivity index (χ3v) is 8.34. The minimum absolute atomic E-state index is 0.0184. The van der Waals surface area contributed by atoms with Crippen molar-refractivity contribution in [2.45, 2.75) is 63.2 Å². The van der Waals surface area contributed by atoms with Crippen molar-refractivity contribution in [1.29, 1.82) is 0 Å². The number of benzene rings is 1. The Bertz CT molecular complexity index is 1250. The zero-order valence-electron chi connectivity index (χ0n) is 22.0. The number of hydrogen-bond acceptors (Lipinski definition) is 9. The SMILES string of the molecule is CC(C)CCCC[C@H]1c2cccc(O)c2C(O)=C2C(=O)[C@]3(O)C(O)=C(C(N)=O)C(=O)C(N(C)C)[C@@H]3[C@@H](O)[C@@H]21. The second-order valence-corrected chi connectivity index (χ2v) is 11.3. The van der Waals surface area contributed by atoms with Crippen LogP contribution in [0.15, 0.2) is 35.1 Å². The molecular weight excluding hydrogens is 492 g/mol. The van der Waals surface area contributed by atoms with E-state index in [0.717, 1.165) is 19.3 Å². The second-order valence-electron chi connectivity index (χ2n) is 11.3. The molecule has 0 aromatic heterocycles. The molecule has 7 N–H and O–H groups in total. The number of amides is 1. The first-order valence-corrected chi connectivity index (χ1v) is 12.9. The van der Waals surface area contributed by atoms with Crippen LogP contribution in [0.4, 0.5) is 0 Å². The predicted octanol–water partition coefficient (Wildman–Crippen LogP) is 1.69. The lowest BCUT2D eigenvalue weighted by molar-refractivity contribution is -0.169. The van der Waals surface area contributed by atoms with E-state index in [9.17, 15) is 39.9 Å². The Morgan fingerprint density at radius 2 is 1.79 bits per heavy atom. The molecule has 38 heavy (non-hydrogen) atoms. The van der Waals surface area contributed by atoms with Crippen LogP contribution in [0, 0.1) is 17.8 Å². The van der Waals surface area contributed by atoms with Gasteiger partial charge in [-0.3, -0.25) is 19.3 Å². The molecule has 1 aromatic rings. The first-order chi connectivity index (χ1) is 17.8. The molecule has 0 saturated heterocycles. The lowest BCUT2D eigenvalue weighted by Gasteiger charge is -2.54. The summed E-state index contributed by atoms with van der Waals surface area (Å²) in [5, 5.41) is 56.5. The fourth-order valence-electron chi connectivity index (χ4n) is 6.65. The Kier molecular flexibility index (Phi) is 7.20. The van der Waals surface area contributed by atoms with Crippen molar-refractivity contribution in [1.82, 2.24) is 4.90 Å². The Morgan fingerprint density at radius 3 is 2.37 bits per heavy atom. The lowest BCUT2D eigenvalue weighted by atomic mass is 9.53. The van der Waals surface area contributed by atoms with Gasteiger partial charge in [-0.05, 0) is 44.0 Å². The maximum Gasteiger partial charge on any atom is 0.255 e. The van der Waals surface area contributed by atoms with Crippen LogP contribution in [0.5, 0.6) is 5.75 Å². The normalized spacial score (nSPS) is 31.0. The minimum atomic E-state index is -2.91. The van der Waals surface area contributed by atoms with Crippen molar-refractivity contribution < 1.29 is 39.9 Å². The highest BCUT2D eigenvalue weighted by Crippen LogP contribution is 2.57. The number of aliphatic hydroxyl groups excluding tert-OH is 3. The quantitative estimate of drug-likeness (QED) is 0.227. The first kappa shape index (κ1) is 27.8. The average molecular weight is 529 g/mol. The number of aliphatic hydroxyl groups is 4. The molecule has 1 aromatic carbocycles. The van der Waals surface area contributed by atoms with Crippen molar-refractivity contribution in [2.75, 3.05) is 14.1 Å². The number of carbonyl (C=O) groups is 3. The van der Waals surface area contributed by atoms with Gasteiger partial charge in [-0.1, -0.05) is 45.2 Å². The molecule has 10 nitrogen and oxygen atoms in total. The number of fused-ring (bicyclic) bond motifs is 3. The minimum Gasteiger partial charge on any atom is -0.508 e. The van der Waals surface area contributed by atoms with E-state index < -0.39 is 70.1 Å². The van der Waals surface area contributed by atoms with Gasteiger partial charge in [0.25, 0.3) is 5.91 Å². The number of carbonyl (C=O) groups excluding carboxylic acids is 3. The number of phenols is 1. The van der Waals surface area contributed by atoms with Crippen LogP contribution in [-0.2, 0) is 14.4 Å². The summed E-state index contributed by atoms with van der Waals surface area (Å²) in [6.45, 7) is 4.22. The van der Waals surface area contributed by atoms with Gasteiger partial charge in [0, 0.05) is 11.5 Å². The molecule has 0 radical (unpaired) electrons. The highest BCUT2D eigenvalue weighted by molar-refractivity contribution is 6.24. The van der Waals surface area contributed by atoms with E-state index in [4.69, 9.17) is 5.73 Å². The summed E-state index contributed by atoms with van der Waals surface area (Å²) in [6.07, 6.45) is 1.48. The molecule has 206 valence electrons. The van der Waals surface area contributed by atoms with Crippen LogP contribution < -0.4 is 5.73 Å². The third kappa shape index (κ3) is 3.93. The maximum atomic E-state index is 14.1. The molecule has 3 aliphatic carbocycles. The summed E-state index contributed by atoms with van der Waals surface area (Å²) in [7, 11) is 2.98. The number of hydrogen-bond donors (Lipinski definition) is 6. The molecule has 0 heterocycles. The predicted molar refractivity (Wildman–Crippen MR) is 138 cm³/mol. The summed E-state index contributed by atoms with van der Waals surface area (Å²) < 4.78 is 0. The molecule has 0 spiro atoms. The number of unbranched alkanes of at least 4 members (excludes halogenated alkanes) is 1. The van der Waals surface area contributed by atoms with Crippen LogP contribution in [0.25, 0.3) is 5.76 Å². The molecular formula is C28H36N2O8. The number of rotatable bonds is 7. The number of aromatic hydroxyl groups is 1. The summed E-state index contributed by atoms with van der Waals surface area (Å²) >= 11 is 0. The Hall–Kier alpha value is -3.21. The fraction of sp³-hybridized carbons (Fsp3) is 0.536. The van der Waals surface area contributed by atoms with Gasteiger partial charge >= 0.3 is 0 Å². The standard InChI is InChI=1S/C28H36N2O8/c1-12(2)8-5-6-9-14-13-10-7-11-15(31)16(13)22(32)18-17(14)23(33)20-21(30(3)4)24(34)19(27(29)37)26(36)28(20,38)25(18)35/h7,10-12,14,17,20-21,23,31-33,36,38H,5-6,8-9H2,1-4H3,(H2,29,37)/t14-,17+,20+,21?,23-,28-/m0/s1. The van der Waals surface area contributed by atoms with E-state index in [0.29, 0.717) is 17.9 Å². The molecule has 1 amide bonds. The zero-order chi connectivity index (χ0) is 28.3. The molecule has 0 bridgehead atoms. The number of Topliss-reactive ketones (excluding diaryl/α,β-unsaturated/α-hetero) is 2. The molecule has 6 atom stereocenters. The summed E-state index contributed by atoms with van der Waals surface area (Å²) in [5.74, 6) is -8.19. The number of likely N-dealkylation sites (N-methyl/N-ethyl adjacent to an activating group) is 1. The lowest BCUT2D eigenvalue weighted by Crippen LogP contribution is -2.70. The molecule has 1 saturated carbocycles. The topological polar surface area (TPSA) is 182 Å². The highest BCUT2D eigenvalue weighted by atomic mass is 16.4. The zero-order valence-corrected chi connectivity index (χ0v) is 22.0. The number of phenolic OH excluding ortho intramolecular Hbond substituents is 1. The molecule has 10 heteroatoms. The van der Waals surface area contributed by atoms with Crippen LogP contribution in [0.1, 0.15) is 56.6 Å². The molecule has 4 rings (SSSR count). The van der Waals surface area contributed by atoms with E-state index in [2.05, 4.69) is 13.8 Å². The molecule has 0 aliphatic heterocycles. The maximum absolute atomic E-state index is 14.1. The molecule has 1 unspecified atom stereocenters. The summed E-state index contributed by atoms with van der Waals surface area (Å²) in [5.41, 5.74) is 1.72. The number of nitrogens with two attached hydrogens (primary N) is 1. The van der Waals surface area contributed by atoms with E-state index >= 15 is 0 Å². The van der Waals surface area contributed by atoms with Crippen LogP contribution in [-0.4, -0.2) is 79.7 Å². The van der Waals surface area contributed by atoms with Crippen molar-refractivity contribution in [3.05, 3.63) is 46.2 Å². The smallest absolute Gasteiger partial charge is 0.255 e. The number of nitrogens with zero attached hydrogens (tertiary/aromatic N) is 1. The van der Waals surface area contributed by atoms with Gasteiger partial charge in [0.05, 0.1) is 23.6 Å². The van der Waals surface area contributed by atoms with Crippen LogP contribution in [0.3, 0.4) is 0 Å². The van der Waals surface area contributed by atoms with E-state index in [-0.39, 0.29) is 16.9 Å². The highest BCUT2D eigenvalue weighted by Gasteiger charge is 2.68. The van der Waals surface area contributed by atoms with Gasteiger partial charge in [0.2, 0.25) is 5.78 Å². The van der Waals surface area contributed by atoms with Crippen molar-refractivity contribution in [3.63, 3.8) is 0 Å². The molecule has 3 aliphatic rings. The van der Waals surface area contributed by atoms with Gasteiger partial charge in [-0.25, -0.2) is 0 Å². The van der Waals surface area contributed by atoms with Gasteiger partial charge in [0.1, 0.15) is 22.8 Å². The largest absolute Gasteiger partial charge is 0.508 e. The Balaban J connectivity index is 1.95.